The molecule has 2 aromatic rings. The molecule has 0 bridgehead atoms. The van der Waals surface area contributed by atoms with Crippen LogP contribution >= 0.6 is 0 Å². The summed E-state index contributed by atoms with van der Waals surface area (Å²) in [6, 6.07) is 10.5. The van der Waals surface area contributed by atoms with Crippen molar-refractivity contribution in [1.29, 1.82) is 0 Å². The molecule has 0 atom stereocenters. The van der Waals surface area contributed by atoms with E-state index in [0.29, 0.717) is 5.88 Å². The molecule has 98 valence electrons. The minimum atomic E-state index is 0.410. The maximum Gasteiger partial charge on any atom is 0.229 e. The van der Waals surface area contributed by atoms with Crippen LogP contribution in [0, 0.1) is 0 Å². The fraction of sp³-hybridized carbons (Fsp3) is 0.267. The Kier molecular flexibility index (Phi) is 3.33. The summed E-state index contributed by atoms with van der Waals surface area (Å²) in [6.45, 7) is 2.92. The second-order valence-corrected chi connectivity index (χ2v) is 4.82. The quantitative estimate of drug-likeness (QED) is 0.915. The topological polar surface area (TPSA) is 55.3 Å². The average Bonchev–Trinajstić information content (AvgIpc) is 2.86. The number of nitrogens with two attached hydrogens (primary N) is 1. The van der Waals surface area contributed by atoms with Gasteiger partial charge in [-0.3, -0.25) is 4.90 Å². The first-order chi connectivity index (χ1) is 9.33. The zero-order chi connectivity index (χ0) is 13.1. The van der Waals surface area contributed by atoms with E-state index in [9.17, 15) is 0 Å². The molecule has 0 amide bonds. The highest BCUT2D eigenvalue weighted by molar-refractivity contribution is 5.73. The summed E-state index contributed by atoms with van der Waals surface area (Å²) in [5.74, 6) is 0.410. The summed E-state index contributed by atoms with van der Waals surface area (Å²) in [5, 5.41) is 3.75. The van der Waals surface area contributed by atoms with Gasteiger partial charge in [-0.15, -0.1) is 0 Å². The van der Waals surface area contributed by atoms with Gasteiger partial charge in [-0.1, -0.05) is 41.6 Å². The normalized spacial score (nSPS) is 16.3. The van der Waals surface area contributed by atoms with Gasteiger partial charge in [0.1, 0.15) is 0 Å². The van der Waals surface area contributed by atoms with Gasteiger partial charge in [0.15, 0.2) is 0 Å². The Morgan fingerprint density at radius 3 is 2.84 bits per heavy atom. The Bertz CT molecular complexity index is 574. The van der Waals surface area contributed by atoms with Crippen LogP contribution in [0.25, 0.3) is 5.57 Å². The van der Waals surface area contributed by atoms with E-state index >= 15 is 0 Å². The molecule has 0 saturated heterocycles. The fourth-order valence-corrected chi connectivity index (χ4v) is 2.47. The highest BCUT2D eigenvalue weighted by atomic mass is 16.5. The van der Waals surface area contributed by atoms with Crippen molar-refractivity contribution in [3.05, 3.63) is 53.7 Å². The molecule has 1 aromatic carbocycles. The van der Waals surface area contributed by atoms with Crippen LogP contribution in [-0.4, -0.2) is 23.1 Å². The molecule has 0 aliphatic carbocycles. The molecule has 0 spiro atoms. The van der Waals surface area contributed by atoms with Crippen molar-refractivity contribution in [3.8, 4) is 0 Å². The molecule has 19 heavy (non-hydrogen) atoms. The lowest BCUT2D eigenvalue weighted by atomic mass is 10.0. The van der Waals surface area contributed by atoms with Crippen molar-refractivity contribution in [3.63, 3.8) is 0 Å². The van der Waals surface area contributed by atoms with Gasteiger partial charge in [0.25, 0.3) is 0 Å². The summed E-state index contributed by atoms with van der Waals surface area (Å²) < 4.78 is 4.94. The van der Waals surface area contributed by atoms with Gasteiger partial charge in [-0.05, 0) is 17.6 Å². The summed E-state index contributed by atoms with van der Waals surface area (Å²) >= 11 is 0. The smallest absolute Gasteiger partial charge is 0.229 e. The van der Waals surface area contributed by atoms with Crippen molar-refractivity contribution in [2.24, 2.45) is 0 Å². The van der Waals surface area contributed by atoms with Crippen molar-refractivity contribution in [2.75, 3.05) is 18.8 Å². The molecule has 3 rings (SSSR count). The van der Waals surface area contributed by atoms with Crippen molar-refractivity contribution < 1.29 is 4.52 Å². The standard InChI is InChI=1S/C15H17N3O/c16-15-14(9-17-19-15)13-7-4-8-18(11-13)10-12-5-2-1-3-6-12/h1-3,5-7,9H,4,8,10-11,16H2. The molecule has 4 heteroatoms. The van der Waals surface area contributed by atoms with E-state index in [1.807, 2.05) is 6.07 Å². The Labute approximate surface area is 112 Å². The third-order valence-electron chi connectivity index (χ3n) is 3.42. The first-order valence-corrected chi connectivity index (χ1v) is 6.49. The lowest BCUT2D eigenvalue weighted by molar-refractivity contribution is 0.296. The minimum absolute atomic E-state index is 0.410. The van der Waals surface area contributed by atoms with Crippen LogP contribution in [0.15, 0.2) is 47.1 Å². The number of anilines is 1. The average molecular weight is 255 g/mol. The summed E-state index contributed by atoms with van der Waals surface area (Å²) in [4.78, 5) is 2.41. The van der Waals surface area contributed by atoms with E-state index in [1.54, 1.807) is 6.20 Å². The van der Waals surface area contributed by atoms with Crippen LogP contribution in [0.2, 0.25) is 0 Å². The maximum absolute atomic E-state index is 5.78. The Morgan fingerprint density at radius 1 is 1.26 bits per heavy atom. The minimum Gasteiger partial charge on any atom is -0.367 e. The van der Waals surface area contributed by atoms with Crippen LogP contribution in [-0.2, 0) is 6.54 Å². The molecular formula is C15H17N3O. The molecule has 4 nitrogen and oxygen atoms in total. The lowest BCUT2D eigenvalue weighted by Crippen LogP contribution is -2.29. The molecule has 1 aliphatic heterocycles. The Balaban J connectivity index is 1.71. The molecule has 2 heterocycles. The highest BCUT2D eigenvalue weighted by Crippen LogP contribution is 2.25. The van der Waals surface area contributed by atoms with E-state index in [1.165, 1.54) is 11.1 Å². The number of nitrogen functional groups attached to an aromatic ring is 1. The van der Waals surface area contributed by atoms with Gasteiger partial charge in [0, 0.05) is 19.6 Å². The number of nitrogens with zero attached hydrogens (tertiary/aromatic N) is 2. The third-order valence-corrected chi connectivity index (χ3v) is 3.42. The van der Waals surface area contributed by atoms with Crippen LogP contribution in [0.1, 0.15) is 17.5 Å². The number of benzene rings is 1. The van der Waals surface area contributed by atoms with E-state index in [-0.39, 0.29) is 0 Å². The van der Waals surface area contributed by atoms with Crippen molar-refractivity contribution in [1.82, 2.24) is 10.1 Å². The zero-order valence-electron chi connectivity index (χ0n) is 10.7. The SMILES string of the molecule is Nc1oncc1C1=CCCN(Cc2ccccc2)C1. The van der Waals surface area contributed by atoms with Crippen molar-refractivity contribution >= 4 is 11.5 Å². The van der Waals surface area contributed by atoms with Gasteiger partial charge in [-0.2, -0.15) is 0 Å². The molecule has 0 fully saturated rings. The van der Waals surface area contributed by atoms with Crippen LogP contribution < -0.4 is 5.73 Å². The third kappa shape index (κ3) is 2.69. The van der Waals surface area contributed by atoms with E-state index in [2.05, 4.69) is 40.4 Å². The van der Waals surface area contributed by atoms with Gasteiger partial charge >= 0.3 is 0 Å². The number of aromatic nitrogens is 1. The van der Waals surface area contributed by atoms with Gasteiger partial charge in [0.05, 0.1) is 11.8 Å². The predicted molar refractivity (Wildman–Crippen MR) is 75.2 cm³/mol. The molecule has 0 unspecified atom stereocenters. The van der Waals surface area contributed by atoms with Gasteiger partial charge in [0.2, 0.25) is 5.88 Å². The Hall–Kier alpha value is -2.07. The number of rotatable bonds is 3. The van der Waals surface area contributed by atoms with Crippen molar-refractivity contribution in [2.45, 2.75) is 13.0 Å². The van der Waals surface area contributed by atoms with Crippen LogP contribution in [0.4, 0.5) is 5.88 Å². The largest absolute Gasteiger partial charge is 0.367 e. The van der Waals surface area contributed by atoms with Gasteiger partial charge < -0.3 is 10.3 Å². The molecule has 1 aromatic heterocycles. The summed E-state index contributed by atoms with van der Waals surface area (Å²) in [7, 11) is 0. The maximum atomic E-state index is 5.78. The van der Waals surface area contributed by atoms with Gasteiger partial charge in [-0.25, -0.2) is 0 Å². The molecule has 0 radical (unpaired) electrons. The molecule has 1 aliphatic rings. The molecule has 2 N–H and O–H groups in total. The lowest BCUT2D eigenvalue weighted by Gasteiger charge is -2.27. The van der Waals surface area contributed by atoms with Crippen LogP contribution in [0.3, 0.4) is 0 Å². The second kappa shape index (κ2) is 5.28. The van der Waals surface area contributed by atoms with E-state index in [4.69, 9.17) is 10.3 Å². The fourth-order valence-electron chi connectivity index (χ4n) is 2.47. The second-order valence-electron chi connectivity index (χ2n) is 4.82. The molecule has 0 saturated carbocycles. The number of hydrogen-bond acceptors (Lipinski definition) is 4. The molecular weight excluding hydrogens is 238 g/mol. The summed E-state index contributed by atoms with van der Waals surface area (Å²) in [5.41, 5.74) is 9.25. The highest BCUT2D eigenvalue weighted by Gasteiger charge is 2.17. The Morgan fingerprint density at radius 2 is 2.11 bits per heavy atom. The number of hydrogen-bond donors (Lipinski definition) is 1. The van der Waals surface area contributed by atoms with E-state index in [0.717, 1.165) is 31.6 Å². The van der Waals surface area contributed by atoms with E-state index < -0.39 is 0 Å². The monoisotopic (exact) mass is 255 g/mol. The zero-order valence-corrected chi connectivity index (χ0v) is 10.7. The van der Waals surface area contributed by atoms with Crippen LogP contribution in [0.5, 0.6) is 0 Å². The first-order valence-electron chi connectivity index (χ1n) is 6.49. The first kappa shape index (κ1) is 12.0. The predicted octanol–water partition coefficient (Wildman–Crippen LogP) is 2.55. The summed E-state index contributed by atoms with van der Waals surface area (Å²) in [6.07, 6.45) is 4.96.